The Balaban J connectivity index is 2.44. The van der Waals surface area contributed by atoms with Gasteiger partial charge >= 0.3 is 18.1 Å². The molecule has 0 saturated carbocycles. The van der Waals surface area contributed by atoms with E-state index in [1.54, 1.807) is 6.07 Å². The highest BCUT2D eigenvalue weighted by molar-refractivity contribution is 6.01. The Morgan fingerprint density at radius 1 is 1.37 bits per heavy atom. The van der Waals surface area contributed by atoms with Crippen LogP contribution in [0.3, 0.4) is 0 Å². The summed E-state index contributed by atoms with van der Waals surface area (Å²) in [6.45, 7) is 6.23. The summed E-state index contributed by atoms with van der Waals surface area (Å²) in [7, 11) is 1.02. The third kappa shape index (κ3) is 4.81. The van der Waals surface area contributed by atoms with Gasteiger partial charge < -0.3 is 14.5 Å². The largest absolute Gasteiger partial charge is 0.471 e. The molecule has 148 valence electrons. The molecule has 1 unspecified atom stereocenters. The van der Waals surface area contributed by atoms with Crippen LogP contribution in [0, 0.1) is 0 Å². The summed E-state index contributed by atoms with van der Waals surface area (Å²) in [5.41, 5.74) is 0.689. The van der Waals surface area contributed by atoms with Crippen LogP contribution in [0.1, 0.15) is 36.5 Å². The zero-order chi connectivity index (χ0) is 20.2. The van der Waals surface area contributed by atoms with Crippen molar-refractivity contribution in [3.63, 3.8) is 0 Å². The molecule has 1 aliphatic heterocycles. The van der Waals surface area contributed by atoms with Gasteiger partial charge in [0.25, 0.3) is 0 Å². The third-order valence-electron chi connectivity index (χ3n) is 4.58. The monoisotopic (exact) mass is 384 g/mol. The minimum absolute atomic E-state index is 0.0185. The van der Waals surface area contributed by atoms with Crippen molar-refractivity contribution in [1.82, 2.24) is 0 Å². The molecule has 1 aliphatic rings. The van der Waals surface area contributed by atoms with Gasteiger partial charge in [-0.15, -0.1) is 0 Å². The number of alkyl halides is 3. The van der Waals surface area contributed by atoms with Gasteiger partial charge in [0, 0.05) is 25.3 Å². The van der Waals surface area contributed by atoms with Crippen molar-refractivity contribution >= 4 is 23.3 Å². The molecule has 1 atom stereocenters. The molecule has 8 heteroatoms. The summed E-state index contributed by atoms with van der Waals surface area (Å²) in [5, 5.41) is 0. The van der Waals surface area contributed by atoms with E-state index in [1.165, 1.54) is 18.2 Å². The highest BCUT2D eigenvalue weighted by atomic mass is 19.4. The maximum absolute atomic E-state index is 12.7. The average molecular weight is 384 g/mol. The minimum Gasteiger partial charge on any atom is -0.458 e. The number of ether oxygens (including phenoxy) is 1. The highest BCUT2D eigenvalue weighted by Crippen LogP contribution is 2.32. The molecular weight excluding hydrogens is 361 g/mol. The molecule has 0 spiro atoms. The molecule has 0 aromatic heterocycles. The maximum atomic E-state index is 12.7. The van der Waals surface area contributed by atoms with Gasteiger partial charge in [0.1, 0.15) is 6.61 Å². The van der Waals surface area contributed by atoms with Gasteiger partial charge in [-0.1, -0.05) is 12.7 Å². The van der Waals surface area contributed by atoms with Crippen LogP contribution in [-0.2, 0) is 9.53 Å². The van der Waals surface area contributed by atoms with Crippen LogP contribution in [0.4, 0.5) is 24.5 Å². The van der Waals surface area contributed by atoms with Crippen molar-refractivity contribution in [3.05, 3.63) is 36.4 Å². The zero-order valence-electron chi connectivity index (χ0n) is 15.4. The summed E-state index contributed by atoms with van der Waals surface area (Å²) in [4.78, 5) is 26.5. The van der Waals surface area contributed by atoms with Gasteiger partial charge in [-0.05, 0) is 44.4 Å². The van der Waals surface area contributed by atoms with Crippen molar-refractivity contribution in [2.75, 3.05) is 30.0 Å². The number of benzene rings is 1. The number of amides is 1. The van der Waals surface area contributed by atoms with Crippen molar-refractivity contribution in [2.45, 2.75) is 38.4 Å². The first-order valence-corrected chi connectivity index (χ1v) is 8.70. The first-order chi connectivity index (χ1) is 12.7. The van der Waals surface area contributed by atoms with Gasteiger partial charge in [0.15, 0.2) is 0 Å². The van der Waals surface area contributed by atoms with Gasteiger partial charge in [-0.2, -0.15) is 13.2 Å². The first kappa shape index (κ1) is 20.8. The molecule has 27 heavy (non-hydrogen) atoms. The number of anilines is 2. The second-order valence-electron chi connectivity index (χ2n) is 6.49. The molecule has 0 N–H and O–H groups in total. The van der Waals surface area contributed by atoms with Crippen LogP contribution < -0.4 is 9.80 Å². The summed E-state index contributed by atoms with van der Waals surface area (Å²) < 4.78 is 43.3. The van der Waals surface area contributed by atoms with Crippen molar-refractivity contribution in [2.24, 2.45) is 0 Å². The van der Waals surface area contributed by atoms with Crippen LogP contribution in [-0.4, -0.2) is 44.3 Å². The summed E-state index contributed by atoms with van der Waals surface area (Å²) in [6, 6.07) is 4.43. The topological polar surface area (TPSA) is 49.9 Å². The van der Waals surface area contributed by atoms with E-state index in [2.05, 4.69) is 6.58 Å². The quantitative estimate of drug-likeness (QED) is 0.570. The Labute approximate surface area is 156 Å². The van der Waals surface area contributed by atoms with Gasteiger partial charge in [-0.25, -0.2) is 4.79 Å². The Morgan fingerprint density at radius 3 is 2.67 bits per heavy atom. The zero-order valence-corrected chi connectivity index (χ0v) is 15.4. The number of hydrogen-bond acceptors (Lipinski definition) is 4. The number of halogens is 3. The molecule has 2 rings (SSSR count). The van der Waals surface area contributed by atoms with Gasteiger partial charge in [0.05, 0.1) is 11.3 Å². The molecule has 0 radical (unpaired) electrons. The van der Waals surface area contributed by atoms with E-state index in [0.717, 1.165) is 32.9 Å². The molecule has 1 aromatic carbocycles. The molecule has 5 nitrogen and oxygen atoms in total. The van der Waals surface area contributed by atoms with Crippen molar-refractivity contribution < 1.29 is 27.5 Å². The summed E-state index contributed by atoms with van der Waals surface area (Å²) in [6.07, 6.45) is -0.605. The van der Waals surface area contributed by atoms with Gasteiger partial charge in [0.2, 0.25) is 0 Å². The van der Waals surface area contributed by atoms with Crippen LogP contribution in [0.25, 0.3) is 0 Å². The highest BCUT2D eigenvalue weighted by Gasteiger charge is 2.42. The van der Waals surface area contributed by atoms with E-state index in [4.69, 9.17) is 4.74 Å². The standard InChI is InChI=1S/C19H23F3N2O3/c1-4-11-27-17(25)15-12-14(23(3)18(26)19(20,21)22)8-9-16(15)24-10-6-5-7-13(24)2/h4,8-9,12-13H,1,5-7,10-11H2,2-3H3. The van der Waals surface area contributed by atoms with Gasteiger partial charge in [-0.3, -0.25) is 4.79 Å². The second-order valence-corrected chi connectivity index (χ2v) is 6.49. The lowest BCUT2D eigenvalue weighted by Gasteiger charge is -2.36. The Hall–Kier alpha value is -2.51. The SMILES string of the molecule is C=CCOC(=O)c1cc(N(C)C(=O)C(F)(F)F)ccc1N1CCCCC1C. The fraction of sp³-hybridized carbons (Fsp3) is 0.474. The Morgan fingerprint density at radius 2 is 2.07 bits per heavy atom. The maximum Gasteiger partial charge on any atom is 0.471 e. The van der Waals surface area contributed by atoms with E-state index < -0.39 is 18.1 Å². The summed E-state index contributed by atoms with van der Waals surface area (Å²) >= 11 is 0. The normalized spacial score (nSPS) is 17.4. The lowest BCUT2D eigenvalue weighted by atomic mass is 10.0. The number of carbonyl (C=O) groups is 2. The molecule has 1 heterocycles. The summed E-state index contributed by atoms with van der Waals surface area (Å²) in [5.74, 6) is -2.68. The second kappa shape index (κ2) is 8.45. The lowest BCUT2D eigenvalue weighted by Crippen LogP contribution is -2.39. The number of nitrogens with zero attached hydrogens (tertiary/aromatic N) is 2. The smallest absolute Gasteiger partial charge is 0.458 e. The predicted molar refractivity (Wildman–Crippen MR) is 97.0 cm³/mol. The third-order valence-corrected chi connectivity index (χ3v) is 4.58. The number of hydrogen-bond donors (Lipinski definition) is 0. The molecule has 0 bridgehead atoms. The predicted octanol–water partition coefficient (Wildman–Crippen LogP) is 3.93. The number of esters is 1. The van der Waals surface area contributed by atoms with E-state index in [0.29, 0.717) is 10.6 Å². The number of piperidine rings is 1. The molecule has 1 amide bonds. The Bertz CT molecular complexity index is 719. The molecule has 1 fully saturated rings. The molecule has 1 saturated heterocycles. The van der Waals surface area contributed by atoms with E-state index >= 15 is 0 Å². The van der Waals surface area contributed by atoms with Crippen LogP contribution in [0.5, 0.6) is 0 Å². The van der Waals surface area contributed by atoms with E-state index in [-0.39, 0.29) is 23.9 Å². The van der Waals surface area contributed by atoms with Crippen LogP contribution in [0.2, 0.25) is 0 Å². The Kier molecular flexibility index (Phi) is 6.51. The number of carbonyl (C=O) groups excluding carboxylic acids is 2. The first-order valence-electron chi connectivity index (χ1n) is 8.70. The van der Waals surface area contributed by atoms with E-state index in [9.17, 15) is 22.8 Å². The lowest BCUT2D eigenvalue weighted by molar-refractivity contribution is -0.170. The van der Waals surface area contributed by atoms with E-state index in [1.807, 2.05) is 11.8 Å². The van der Waals surface area contributed by atoms with Crippen molar-refractivity contribution in [1.29, 1.82) is 0 Å². The van der Waals surface area contributed by atoms with Crippen LogP contribution >= 0.6 is 0 Å². The molecule has 1 aromatic rings. The molecular formula is C19H23F3N2O3. The minimum atomic E-state index is -5.00. The van der Waals surface area contributed by atoms with Crippen molar-refractivity contribution in [3.8, 4) is 0 Å². The number of rotatable bonds is 5. The fourth-order valence-electron chi connectivity index (χ4n) is 3.12. The van der Waals surface area contributed by atoms with Crippen LogP contribution in [0.15, 0.2) is 30.9 Å². The molecule has 0 aliphatic carbocycles. The average Bonchev–Trinajstić information content (AvgIpc) is 2.64. The fourth-order valence-corrected chi connectivity index (χ4v) is 3.12.